The molecule has 0 aliphatic carbocycles. The molecule has 242 valence electrons. The van der Waals surface area contributed by atoms with E-state index in [-0.39, 0.29) is 0 Å². The van der Waals surface area contributed by atoms with Crippen molar-refractivity contribution >= 4 is 60.8 Å². The summed E-state index contributed by atoms with van der Waals surface area (Å²) >= 11 is 0. The standard InChI is InChI=1S/C47H28N4O/c1-2-12-29(13-3-1)32-17-8-18-33(28-32)45-48-46(38-22-11-25-41-43(38)37-20-6-7-24-40(37)52-41)50-47(49-45)51-39-23-10-16-31-15-9-21-35(42(31)39)36-27-26-30-14-4-5-19-34(30)44(36)51/h1-28H. The number of aromatic nitrogens is 3. The minimum Gasteiger partial charge on any atom is -0.456 e. The number of benzene rings is 8. The Hall–Kier alpha value is -7.11. The van der Waals surface area contributed by atoms with Gasteiger partial charge >= 0.3 is 0 Å². The molecule has 11 rings (SSSR count). The third kappa shape index (κ3) is 4.33. The second-order valence-electron chi connectivity index (χ2n) is 13.2. The predicted molar refractivity (Wildman–Crippen MR) is 212 cm³/mol. The van der Waals surface area contributed by atoms with Gasteiger partial charge in [0.1, 0.15) is 11.2 Å². The van der Waals surface area contributed by atoms with Gasteiger partial charge in [-0.3, -0.25) is 4.90 Å². The Kier molecular flexibility index (Phi) is 6.18. The first-order valence-corrected chi connectivity index (χ1v) is 17.5. The second kappa shape index (κ2) is 11.2. The molecule has 5 heteroatoms. The predicted octanol–water partition coefficient (Wildman–Crippen LogP) is 12.5. The first kappa shape index (κ1) is 28.7. The van der Waals surface area contributed by atoms with Crippen molar-refractivity contribution in [1.82, 2.24) is 15.0 Å². The van der Waals surface area contributed by atoms with Crippen LogP contribution in [0.3, 0.4) is 0 Å². The van der Waals surface area contributed by atoms with Crippen molar-refractivity contribution in [3.8, 4) is 45.0 Å². The lowest BCUT2D eigenvalue weighted by Crippen LogP contribution is -2.19. The van der Waals surface area contributed by atoms with Crippen molar-refractivity contribution in [2.45, 2.75) is 0 Å². The monoisotopic (exact) mass is 664 g/mol. The molecule has 0 spiro atoms. The van der Waals surface area contributed by atoms with Gasteiger partial charge in [0.15, 0.2) is 11.6 Å². The van der Waals surface area contributed by atoms with Crippen LogP contribution in [0.4, 0.5) is 17.3 Å². The Bertz CT molecular complexity index is 3030. The van der Waals surface area contributed by atoms with Crippen LogP contribution < -0.4 is 4.90 Å². The zero-order valence-corrected chi connectivity index (χ0v) is 27.9. The normalized spacial score (nSPS) is 12.2. The van der Waals surface area contributed by atoms with Gasteiger partial charge in [-0.25, -0.2) is 4.98 Å². The van der Waals surface area contributed by atoms with E-state index < -0.39 is 0 Å². The molecular formula is C47H28N4O. The molecule has 0 radical (unpaired) electrons. The van der Waals surface area contributed by atoms with Gasteiger partial charge in [-0.15, -0.1) is 0 Å². The highest BCUT2D eigenvalue weighted by molar-refractivity contribution is 6.18. The highest BCUT2D eigenvalue weighted by Crippen LogP contribution is 2.53. The average molecular weight is 665 g/mol. The number of fused-ring (bicyclic) bond motifs is 7. The van der Waals surface area contributed by atoms with Crippen molar-refractivity contribution in [2.24, 2.45) is 0 Å². The topological polar surface area (TPSA) is 55.1 Å². The molecule has 5 nitrogen and oxygen atoms in total. The van der Waals surface area contributed by atoms with E-state index in [1.54, 1.807) is 0 Å². The van der Waals surface area contributed by atoms with E-state index in [1.165, 1.54) is 16.3 Å². The van der Waals surface area contributed by atoms with Crippen LogP contribution in [0.15, 0.2) is 174 Å². The Morgan fingerprint density at radius 2 is 1.08 bits per heavy atom. The number of hydrogen-bond donors (Lipinski definition) is 0. The summed E-state index contributed by atoms with van der Waals surface area (Å²) in [5.41, 5.74) is 10.1. The molecule has 8 aromatic carbocycles. The Morgan fingerprint density at radius 1 is 0.404 bits per heavy atom. The summed E-state index contributed by atoms with van der Waals surface area (Å²) in [6, 6.07) is 59.2. The summed E-state index contributed by atoms with van der Waals surface area (Å²) in [5.74, 6) is 1.72. The van der Waals surface area contributed by atoms with E-state index in [2.05, 4.69) is 138 Å². The first-order chi connectivity index (χ1) is 25.8. The van der Waals surface area contributed by atoms with Crippen LogP contribution in [-0.2, 0) is 0 Å². The third-order valence-corrected chi connectivity index (χ3v) is 10.2. The fourth-order valence-corrected chi connectivity index (χ4v) is 7.92. The Labute approximate surface area is 299 Å². The Morgan fingerprint density at radius 3 is 2.00 bits per heavy atom. The summed E-state index contributed by atoms with van der Waals surface area (Å²) < 4.78 is 6.33. The van der Waals surface area contributed by atoms with Crippen LogP contribution in [0.5, 0.6) is 0 Å². The molecule has 1 aliphatic rings. The highest BCUT2D eigenvalue weighted by atomic mass is 16.3. The highest BCUT2D eigenvalue weighted by Gasteiger charge is 2.30. The van der Waals surface area contributed by atoms with Gasteiger partial charge in [-0.2, -0.15) is 9.97 Å². The molecular weight excluding hydrogens is 637 g/mol. The summed E-state index contributed by atoms with van der Waals surface area (Å²) in [4.78, 5) is 18.3. The Balaban J connectivity index is 1.24. The lowest BCUT2D eigenvalue weighted by atomic mass is 9.89. The van der Waals surface area contributed by atoms with Gasteiger partial charge in [0.05, 0.1) is 11.4 Å². The van der Waals surface area contributed by atoms with E-state index in [4.69, 9.17) is 19.4 Å². The van der Waals surface area contributed by atoms with Gasteiger partial charge in [-0.1, -0.05) is 146 Å². The quantitative estimate of drug-likeness (QED) is 0.187. The smallest absolute Gasteiger partial charge is 0.238 e. The molecule has 3 heterocycles. The van der Waals surface area contributed by atoms with Crippen molar-refractivity contribution in [1.29, 1.82) is 0 Å². The van der Waals surface area contributed by atoms with Crippen LogP contribution >= 0.6 is 0 Å². The molecule has 2 aromatic heterocycles. The zero-order chi connectivity index (χ0) is 34.2. The fourth-order valence-electron chi connectivity index (χ4n) is 7.92. The maximum Gasteiger partial charge on any atom is 0.238 e. The SMILES string of the molecule is c1ccc(-c2cccc(-c3nc(-c4cccc5oc6ccccc6c45)nc(N4c5c(ccc6ccccc56)-c5cccc6cccc4c56)n3)c2)cc1. The van der Waals surface area contributed by atoms with Gasteiger partial charge in [-0.05, 0) is 51.7 Å². The zero-order valence-electron chi connectivity index (χ0n) is 27.9. The van der Waals surface area contributed by atoms with Crippen molar-refractivity contribution < 1.29 is 4.42 Å². The van der Waals surface area contributed by atoms with Crippen molar-refractivity contribution in [3.63, 3.8) is 0 Å². The van der Waals surface area contributed by atoms with Crippen LogP contribution in [0, 0.1) is 0 Å². The van der Waals surface area contributed by atoms with Crippen molar-refractivity contribution in [2.75, 3.05) is 4.90 Å². The number of rotatable bonds is 4. The molecule has 52 heavy (non-hydrogen) atoms. The van der Waals surface area contributed by atoms with E-state index >= 15 is 0 Å². The molecule has 0 amide bonds. The third-order valence-electron chi connectivity index (χ3n) is 10.2. The van der Waals surface area contributed by atoms with E-state index in [0.29, 0.717) is 17.6 Å². The van der Waals surface area contributed by atoms with Crippen LogP contribution in [-0.4, -0.2) is 15.0 Å². The minimum absolute atomic E-state index is 0.550. The number of nitrogens with zero attached hydrogens (tertiary/aromatic N) is 4. The largest absolute Gasteiger partial charge is 0.456 e. The van der Waals surface area contributed by atoms with Crippen LogP contribution in [0.1, 0.15) is 0 Å². The maximum atomic E-state index is 6.33. The molecule has 10 aromatic rings. The molecule has 0 saturated heterocycles. The molecule has 0 saturated carbocycles. The summed E-state index contributed by atoms with van der Waals surface area (Å²) in [6.07, 6.45) is 0. The van der Waals surface area contributed by atoms with Crippen LogP contribution in [0.2, 0.25) is 0 Å². The average Bonchev–Trinajstić information content (AvgIpc) is 3.60. The number of para-hydroxylation sites is 1. The number of hydrogen-bond acceptors (Lipinski definition) is 5. The summed E-state index contributed by atoms with van der Waals surface area (Å²) in [6.45, 7) is 0. The number of anilines is 3. The second-order valence-corrected chi connectivity index (χ2v) is 13.2. The van der Waals surface area contributed by atoms with E-state index in [1.807, 2.05) is 36.4 Å². The van der Waals surface area contributed by atoms with Gasteiger partial charge in [0.2, 0.25) is 5.95 Å². The molecule has 0 N–H and O–H groups in total. The summed E-state index contributed by atoms with van der Waals surface area (Å²) in [5, 5.41) is 6.62. The van der Waals surface area contributed by atoms with Crippen molar-refractivity contribution in [3.05, 3.63) is 170 Å². The minimum atomic E-state index is 0.550. The van der Waals surface area contributed by atoms with Gasteiger partial charge in [0.25, 0.3) is 0 Å². The molecule has 1 aliphatic heterocycles. The maximum absolute atomic E-state index is 6.33. The molecule has 0 fully saturated rings. The van der Waals surface area contributed by atoms with Crippen LogP contribution in [0.25, 0.3) is 88.5 Å². The first-order valence-electron chi connectivity index (χ1n) is 17.5. The molecule has 0 bridgehead atoms. The van der Waals surface area contributed by atoms with Gasteiger partial charge < -0.3 is 4.42 Å². The van der Waals surface area contributed by atoms with Gasteiger partial charge in [0, 0.05) is 38.2 Å². The van der Waals surface area contributed by atoms with E-state index in [9.17, 15) is 0 Å². The lowest BCUT2D eigenvalue weighted by molar-refractivity contribution is 0.669. The number of furan rings is 1. The fraction of sp³-hybridized carbons (Fsp3) is 0. The lowest BCUT2D eigenvalue weighted by Gasteiger charge is -2.33. The molecule has 0 atom stereocenters. The summed E-state index contributed by atoms with van der Waals surface area (Å²) in [7, 11) is 0. The van der Waals surface area contributed by atoms with E-state index in [0.717, 1.165) is 71.9 Å². The molecule has 0 unspecified atom stereocenters.